The van der Waals surface area contributed by atoms with Gasteiger partial charge in [-0.25, -0.2) is 4.98 Å². The van der Waals surface area contributed by atoms with Crippen LogP contribution in [0.3, 0.4) is 0 Å². The van der Waals surface area contributed by atoms with Gasteiger partial charge >= 0.3 is 5.97 Å². The van der Waals surface area contributed by atoms with Gasteiger partial charge in [0.15, 0.2) is 0 Å². The maximum Gasteiger partial charge on any atom is 0.305 e. The third kappa shape index (κ3) is 5.19. The number of carbonyl (C=O) groups excluding carboxylic acids is 1. The Morgan fingerprint density at radius 1 is 1.26 bits per heavy atom. The summed E-state index contributed by atoms with van der Waals surface area (Å²) in [6.45, 7) is 6.05. The molecule has 0 saturated carbocycles. The van der Waals surface area contributed by atoms with E-state index < -0.39 is 17.9 Å². The lowest BCUT2D eigenvalue weighted by atomic mass is 9.98. The lowest BCUT2D eigenvalue weighted by molar-refractivity contribution is -0.137. The van der Waals surface area contributed by atoms with Crippen LogP contribution in [0.1, 0.15) is 54.3 Å². The highest BCUT2D eigenvalue weighted by molar-refractivity contribution is 7.10. The number of aromatic nitrogens is 1. The number of hydrogen-bond donors (Lipinski definition) is 2. The number of amides is 1. The second-order valence-electron chi connectivity index (χ2n) is 7.02. The third-order valence-corrected chi connectivity index (χ3v) is 5.15. The average Bonchev–Trinajstić information content (AvgIpc) is 3.10. The molecule has 0 aliphatic carbocycles. The van der Waals surface area contributed by atoms with Crippen LogP contribution in [-0.2, 0) is 10.2 Å². The first-order valence-electron chi connectivity index (χ1n) is 8.36. The molecule has 0 radical (unpaired) electrons. The zero-order valence-corrected chi connectivity index (χ0v) is 16.8. The molecule has 1 amide bonds. The molecule has 0 bridgehead atoms. The van der Waals surface area contributed by atoms with Crippen molar-refractivity contribution in [1.82, 2.24) is 10.3 Å². The summed E-state index contributed by atoms with van der Waals surface area (Å²) in [5.74, 6) is -0.447. The van der Waals surface area contributed by atoms with E-state index >= 15 is 0 Å². The molecule has 0 saturated heterocycles. The number of rotatable bonds is 7. The van der Waals surface area contributed by atoms with Gasteiger partial charge in [0.2, 0.25) is 0 Å². The van der Waals surface area contributed by atoms with E-state index in [1.807, 2.05) is 20.8 Å². The van der Waals surface area contributed by atoms with E-state index in [0.717, 1.165) is 5.01 Å². The summed E-state index contributed by atoms with van der Waals surface area (Å²) < 4.78 is 10.5. The van der Waals surface area contributed by atoms with E-state index in [9.17, 15) is 14.7 Å². The number of nitrogens with one attached hydrogen (secondary N) is 1. The Bertz CT molecular complexity index is 826. The standard InChI is InChI=1S/C19H24N2O5S/c1-19(2,3)18-21-14(10-27-18)17(24)20-13(9-16(22)23)12-7-6-11(25-4)8-15(12)26-5/h6-8,10,13H,9H2,1-5H3,(H,20,24)(H,22,23). The molecule has 1 unspecified atom stereocenters. The van der Waals surface area contributed by atoms with Gasteiger partial charge in [-0.15, -0.1) is 11.3 Å². The highest BCUT2D eigenvalue weighted by Gasteiger charge is 2.25. The first-order chi connectivity index (χ1) is 12.7. The number of ether oxygens (including phenoxy) is 2. The molecule has 1 aromatic carbocycles. The van der Waals surface area contributed by atoms with Gasteiger partial charge in [0.25, 0.3) is 5.91 Å². The predicted molar refractivity (Wildman–Crippen MR) is 103 cm³/mol. The van der Waals surface area contributed by atoms with Gasteiger partial charge in [0.1, 0.15) is 17.2 Å². The number of carbonyl (C=O) groups is 2. The molecule has 0 aliphatic rings. The summed E-state index contributed by atoms with van der Waals surface area (Å²) in [5, 5.41) is 14.6. The fraction of sp³-hybridized carbons (Fsp3) is 0.421. The molecule has 2 aromatic rings. The second-order valence-corrected chi connectivity index (χ2v) is 7.88. The summed E-state index contributed by atoms with van der Waals surface area (Å²) in [7, 11) is 3.01. The highest BCUT2D eigenvalue weighted by Crippen LogP contribution is 2.32. The monoisotopic (exact) mass is 392 g/mol. The predicted octanol–water partition coefficient (Wildman–Crippen LogP) is 3.40. The van der Waals surface area contributed by atoms with Gasteiger partial charge < -0.3 is 19.9 Å². The first kappa shape index (κ1) is 20.7. The molecular weight excluding hydrogens is 368 g/mol. The van der Waals surface area contributed by atoms with E-state index in [0.29, 0.717) is 17.1 Å². The molecule has 146 valence electrons. The van der Waals surface area contributed by atoms with Gasteiger partial charge in [0.05, 0.1) is 31.7 Å². The summed E-state index contributed by atoms with van der Waals surface area (Å²) in [6.07, 6.45) is -0.287. The van der Waals surface area contributed by atoms with Crippen molar-refractivity contribution >= 4 is 23.2 Å². The van der Waals surface area contributed by atoms with Crippen LogP contribution in [0.15, 0.2) is 23.6 Å². The van der Waals surface area contributed by atoms with Crippen LogP contribution in [-0.4, -0.2) is 36.2 Å². The van der Waals surface area contributed by atoms with Gasteiger partial charge in [0, 0.05) is 22.4 Å². The molecule has 0 spiro atoms. The van der Waals surface area contributed by atoms with Crippen molar-refractivity contribution in [2.45, 2.75) is 38.6 Å². The van der Waals surface area contributed by atoms with Crippen molar-refractivity contribution in [1.29, 1.82) is 0 Å². The van der Waals surface area contributed by atoms with Crippen molar-refractivity contribution in [2.75, 3.05) is 14.2 Å². The minimum atomic E-state index is -1.04. The maximum atomic E-state index is 12.6. The van der Waals surface area contributed by atoms with Crippen LogP contribution >= 0.6 is 11.3 Å². The molecule has 0 aliphatic heterocycles. The number of carboxylic acids is 1. The van der Waals surface area contributed by atoms with Gasteiger partial charge in [-0.2, -0.15) is 0 Å². The maximum absolute atomic E-state index is 12.6. The van der Waals surface area contributed by atoms with Crippen molar-refractivity contribution in [3.8, 4) is 11.5 Å². The molecule has 0 fully saturated rings. The van der Waals surface area contributed by atoms with Crippen LogP contribution in [0, 0.1) is 0 Å². The Balaban J connectivity index is 2.31. The minimum Gasteiger partial charge on any atom is -0.497 e. The molecule has 27 heavy (non-hydrogen) atoms. The number of thiazole rings is 1. The zero-order valence-electron chi connectivity index (χ0n) is 16.0. The molecule has 1 heterocycles. The van der Waals surface area contributed by atoms with Crippen LogP contribution in [0.4, 0.5) is 0 Å². The van der Waals surface area contributed by atoms with E-state index in [-0.39, 0.29) is 17.5 Å². The van der Waals surface area contributed by atoms with Crippen molar-refractivity contribution in [3.63, 3.8) is 0 Å². The van der Waals surface area contributed by atoms with E-state index in [1.54, 1.807) is 23.6 Å². The number of benzene rings is 1. The van der Waals surface area contributed by atoms with Gasteiger partial charge in [-0.05, 0) is 12.1 Å². The SMILES string of the molecule is COc1ccc(C(CC(=O)O)NC(=O)c2csc(C(C)(C)C)n2)c(OC)c1. The Morgan fingerprint density at radius 2 is 1.96 bits per heavy atom. The summed E-state index contributed by atoms with van der Waals surface area (Å²) in [4.78, 5) is 28.4. The van der Waals surface area contributed by atoms with E-state index in [2.05, 4.69) is 10.3 Å². The van der Waals surface area contributed by atoms with E-state index in [1.165, 1.54) is 25.6 Å². The summed E-state index contributed by atoms with van der Waals surface area (Å²) in [5.41, 5.74) is 0.663. The first-order valence-corrected chi connectivity index (χ1v) is 9.24. The Labute approximate surface area is 162 Å². The normalized spacial score (nSPS) is 12.3. The van der Waals surface area contributed by atoms with Crippen LogP contribution in [0.2, 0.25) is 0 Å². The summed E-state index contributed by atoms with van der Waals surface area (Å²) in [6, 6.07) is 4.26. The zero-order chi connectivity index (χ0) is 20.2. The number of carboxylic acid groups (broad SMARTS) is 1. The topological polar surface area (TPSA) is 97.8 Å². The number of hydrogen-bond acceptors (Lipinski definition) is 6. The quantitative estimate of drug-likeness (QED) is 0.749. The van der Waals surface area contributed by atoms with Crippen LogP contribution < -0.4 is 14.8 Å². The molecular formula is C19H24N2O5S. The Morgan fingerprint density at radius 3 is 2.48 bits per heavy atom. The van der Waals surface area contributed by atoms with Crippen molar-refractivity contribution in [3.05, 3.63) is 39.8 Å². The third-order valence-electron chi connectivity index (χ3n) is 3.88. The largest absolute Gasteiger partial charge is 0.497 e. The highest BCUT2D eigenvalue weighted by atomic mass is 32.1. The molecule has 8 heteroatoms. The second kappa shape index (κ2) is 8.39. The fourth-order valence-electron chi connectivity index (χ4n) is 2.47. The lowest BCUT2D eigenvalue weighted by Crippen LogP contribution is -2.31. The number of nitrogens with zero attached hydrogens (tertiary/aromatic N) is 1. The average molecular weight is 392 g/mol. The van der Waals surface area contributed by atoms with Gasteiger partial charge in [-0.1, -0.05) is 20.8 Å². The molecule has 2 rings (SSSR count). The number of aliphatic carboxylic acids is 1. The summed E-state index contributed by atoms with van der Waals surface area (Å²) >= 11 is 1.40. The van der Waals surface area contributed by atoms with E-state index in [4.69, 9.17) is 9.47 Å². The molecule has 1 atom stereocenters. The lowest BCUT2D eigenvalue weighted by Gasteiger charge is -2.20. The molecule has 2 N–H and O–H groups in total. The van der Waals surface area contributed by atoms with Crippen molar-refractivity contribution in [2.24, 2.45) is 0 Å². The minimum absolute atomic E-state index is 0.164. The Hall–Kier alpha value is -2.61. The smallest absolute Gasteiger partial charge is 0.305 e. The number of methoxy groups -OCH3 is 2. The molecule has 7 nitrogen and oxygen atoms in total. The van der Waals surface area contributed by atoms with Crippen LogP contribution in [0.25, 0.3) is 0 Å². The van der Waals surface area contributed by atoms with Gasteiger partial charge in [-0.3, -0.25) is 9.59 Å². The molecule has 1 aromatic heterocycles. The van der Waals surface area contributed by atoms with Crippen LogP contribution in [0.5, 0.6) is 11.5 Å². The van der Waals surface area contributed by atoms with Crippen molar-refractivity contribution < 1.29 is 24.2 Å². The fourth-order valence-corrected chi connectivity index (χ4v) is 3.36. The Kier molecular flexibility index (Phi) is 6.43.